The molecular formula is C19H19ClN2O6S. The minimum atomic E-state index is -3.73. The number of nitrogens with zero attached hydrogens (tertiary/aromatic N) is 1. The van der Waals surface area contributed by atoms with Gasteiger partial charge in [0, 0.05) is 13.1 Å². The number of sulfonamides is 1. The molecule has 1 heterocycles. The molecule has 8 nitrogen and oxygen atoms in total. The van der Waals surface area contributed by atoms with Gasteiger partial charge in [0.15, 0.2) is 5.75 Å². The van der Waals surface area contributed by atoms with Gasteiger partial charge in [-0.25, -0.2) is 13.2 Å². The molecule has 154 valence electrons. The molecular weight excluding hydrogens is 420 g/mol. The van der Waals surface area contributed by atoms with Crippen LogP contribution < -0.4 is 5.32 Å². The van der Waals surface area contributed by atoms with E-state index < -0.39 is 27.6 Å². The Morgan fingerprint density at radius 3 is 2.48 bits per heavy atom. The van der Waals surface area contributed by atoms with Crippen LogP contribution in [0.4, 0.5) is 5.69 Å². The van der Waals surface area contributed by atoms with Crippen molar-refractivity contribution in [2.75, 3.05) is 25.5 Å². The van der Waals surface area contributed by atoms with Gasteiger partial charge in [0.25, 0.3) is 5.91 Å². The fourth-order valence-corrected chi connectivity index (χ4v) is 4.77. The highest BCUT2D eigenvalue weighted by molar-refractivity contribution is 7.89. The third-order valence-corrected chi connectivity index (χ3v) is 6.80. The number of methoxy groups -OCH3 is 1. The summed E-state index contributed by atoms with van der Waals surface area (Å²) < 4.78 is 31.4. The number of hydrogen-bond acceptors (Lipinski definition) is 6. The second-order valence-electron chi connectivity index (χ2n) is 6.40. The summed E-state index contributed by atoms with van der Waals surface area (Å²) in [6, 6.07) is 8.07. The maximum atomic E-state index is 12.7. The van der Waals surface area contributed by atoms with Crippen LogP contribution in [0.25, 0.3) is 0 Å². The lowest BCUT2D eigenvalue weighted by Crippen LogP contribution is -2.28. The Labute approximate surface area is 173 Å². The lowest BCUT2D eigenvalue weighted by molar-refractivity contribution is 0.0597. The quantitative estimate of drug-likeness (QED) is 0.548. The number of esters is 1. The number of phenolic OH excluding ortho intramolecular Hbond substituents is 1. The fourth-order valence-electron chi connectivity index (χ4n) is 3.03. The van der Waals surface area contributed by atoms with E-state index in [9.17, 15) is 23.1 Å². The average molecular weight is 439 g/mol. The van der Waals surface area contributed by atoms with Crippen molar-refractivity contribution in [3.05, 3.63) is 52.5 Å². The number of carbonyl (C=O) groups excluding carboxylic acids is 2. The first-order valence-corrected chi connectivity index (χ1v) is 10.6. The largest absolute Gasteiger partial charge is 0.505 e. The molecule has 2 N–H and O–H groups in total. The van der Waals surface area contributed by atoms with Crippen LogP contribution in [-0.2, 0) is 14.8 Å². The second-order valence-corrected chi connectivity index (χ2v) is 8.75. The van der Waals surface area contributed by atoms with Gasteiger partial charge in [-0.05, 0) is 43.2 Å². The van der Waals surface area contributed by atoms with Gasteiger partial charge in [-0.1, -0.05) is 17.7 Å². The molecule has 0 saturated carbocycles. The molecule has 29 heavy (non-hydrogen) atoms. The zero-order valence-electron chi connectivity index (χ0n) is 15.5. The van der Waals surface area contributed by atoms with E-state index in [-0.39, 0.29) is 26.7 Å². The summed E-state index contributed by atoms with van der Waals surface area (Å²) in [6.45, 7) is 0.862. The Morgan fingerprint density at radius 2 is 1.83 bits per heavy atom. The summed E-state index contributed by atoms with van der Waals surface area (Å²) in [7, 11) is -2.56. The molecule has 1 amide bonds. The molecule has 0 spiro atoms. The van der Waals surface area contributed by atoms with Crippen LogP contribution in [0.1, 0.15) is 33.6 Å². The number of hydrogen-bond donors (Lipinski definition) is 2. The van der Waals surface area contributed by atoms with Gasteiger partial charge >= 0.3 is 5.97 Å². The average Bonchev–Trinajstić information content (AvgIpc) is 3.25. The topological polar surface area (TPSA) is 113 Å². The van der Waals surface area contributed by atoms with Crippen molar-refractivity contribution >= 4 is 39.2 Å². The van der Waals surface area contributed by atoms with Crippen LogP contribution in [-0.4, -0.2) is 49.9 Å². The Kier molecular flexibility index (Phi) is 6.11. The fraction of sp³-hybridized carbons (Fsp3) is 0.263. The smallest absolute Gasteiger partial charge is 0.341 e. The number of aromatic hydroxyl groups is 1. The number of halogens is 1. The molecule has 0 atom stereocenters. The Bertz CT molecular complexity index is 1060. The predicted molar refractivity (Wildman–Crippen MR) is 107 cm³/mol. The van der Waals surface area contributed by atoms with Crippen LogP contribution in [0.5, 0.6) is 5.75 Å². The van der Waals surface area contributed by atoms with Crippen molar-refractivity contribution in [3.8, 4) is 5.75 Å². The maximum absolute atomic E-state index is 12.7. The molecule has 0 radical (unpaired) electrons. The van der Waals surface area contributed by atoms with E-state index in [1.807, 2.05) is 0 Å². The van der Waals surface area contributed by atoms with Crippen LogP contribution in [0.3, 0.4) is 0 Å². The van der Waals surface area contributed by atoms with E-state index in [1.54, 1.807) is 0 Å². The van der Waals surface area contributed by atoms with Crippen molar-refractivity contribution in [2.24, 2.45) is 0 Å². The number of carbonyl (C=O) groups is 2. The Balaban J connectivity index is 1.92. The number of para-hydroxylation sites is 1. The Morgan fingerprint density at radius 1 is 1.14 bits per heavy atom. The van der Waals surface area contributed by atoms with Gasteiger partial charge in [-0.2, -0.15) is 4.31 Å². The molecule has 10 heteroatoms. The maximum Gasteiger partial charge on any atom is 0.341 e. The molecule has 0 unspecified atom stereocenters. The standard InChI is InChI=1S/C19H19ClN2O6S/c1-28-19(25)13-5-4-6-16(17(13)23)21-18(24)14-11-12(7-8-15(14)20)29(26,27)22-9-2-3-10-22/h4-8,11,23H,2-3,9-10H2,1H3,(H,21,24). The highest BCUT2D eigenvalue weighted by Gasteiger charge is 2.28. The summed E-state index contributed by atoms with van der Waals surface area (Å²) >= 11 is 6.11. The van der Waals surface area contributed by atoms with Gasteiger partial charge < -0.3 is 15.2 Å². The highest BCUT2D eigenvalue weighted by atomic mass is 35.5. The van der Waals surface area contributed by atoms with Crippen LogP contribution in [0.2, 0.25) is 5.02 Å². The Hall–Kier alpha value is -2.62. The van der Waals surface area contributed by atoms with Crippen molar-refractivity contribution in [1.82, 2.24) is 4.31 Å². The van der Waals surface area contributed by atoms with Crippen molar-refractivity contribution in [2.45, 2.75) is 17.7 Å². The first kappa shape index (κ1) is 21.1. The van der Waals surface area contributed by atoms with Crippen molar-refractivity contribution in [1.29, 1.82) is 0 Å². The predicted octanol–water partition coefficient (Wildman–Crippen LogP) is 2.87. The summed E-state index contributed by atoms with van der Waals surface area (Å²) in [4.78, 5) is 24.4. The van der Waals surface area contributed by atoms with Gasteiger partial charge in [0.05, 0.1) is 28.3 Å². The molecule has 1 fully saturated rings. The van der Waals surface area contributed by atoms with Crippen molar-refractivity contribution in [3.63, 3.8) is 0 Å². The van der Waals surface area contributed by atoms with Crippen LogP contribution >= 0.6 is 11.6 Å². The normalized spacial score (nSPS) is 14.6. The summed E-state index contributed by atoms with van der Waals surface area (Å²) in [5.41, 5.74) is -0.238. The third kappa shape index (κ3) is 4.21. The lowest BCUT2D eigenvalue weighted by Gasteiger charge is -2.16. The van der Waals surface area contributed by atoms with E-state index >= 15 is 0 Å². The molecule has 0 aliphatic carbocycles. The summed E-state index contributed by atoms with van der Waals surface area (Å²) in [6.07, 6.45) is 1.58. The summed E-state index contributed by atoms with van der Waals surface area (Å²) in [5, 5.41) is 12.7. The van der Waals surface area contributed by atoms with E-state index in [4.69, 9.17) is 11.6 Å². The van der Waals surface area contributed by atoms with Gasteiger partial charge in [0.2, 0.25) is 10.0 Å². The van der Waals surface area contributed by atoms with E-state index in [2.05, 4.69) is 10.1 Å². The number of rotatable bonds is 5. The van der Waals surface area contributed by atoms with Gasteiger partial charge in [-0.3, -0.25) is 4.79 Å². The zero-order chi connectivity index (χ0) is 21.2. The molecule has 2 aromatic carbocycles. The van der Waals surface area contributed by atoms with Gasteiger partial charge in [0.1, 0.15) is 5.56 Å². The minimum absolute atomic E-state index is 0.0400. The number of ether oxygens (including phenoxy) is 1. The lowest BCUT2D eigenvalue weighted by atomic mass is 10.1. The third-order valence-electron chi connectivity index (χ3n) is 4.57. The van der Waals surface area contributed by atoms with Crippen molar-refractivity contribution < 1.29 is 27.9 Å². The van der Waals surface area contributed by atoms with E-state index in [0.29, 0.717) is 13.1 Å². The molecule has 0 aromatic heterocycles. The van der Waals surface area contributed by atoms with Gasteiger partial charge in [-0.15, -0.1) is 0 Å². The summed E-state index contributed by atoms with van der Waals surface area (Å²) in [5.74, 6) is -1.97. The zero-order valence-corrected chi connectivity index (χ0v) is 17.1. The second kappa shape index (κ2) is 8.40. The number of benzene rings is 2. The molecule has 0 bridgehead atoms. The molecule has 2 aromatic rings. The van der Waals surface area contributed by atoms with Crippen LogP contribution in [0.15, 0.2) is 41.3 Å². The minimum Gasteiger partial charge on any atom is -0.505 e. The highest BCUT2D eigenvalue weighted by Crippen LogP contribution is 2.30. The number of phenols is 1. The first-order chi connectivity index (χ1) is 13.8. The van der Waals surface area contributed by atoms with E-state index in [1.165, 1.54) is 47.8 Å². The number of amides is 1. The van der Waals surface area contributed by atoms with Crippen LogP contribution in [0, 0.1) is 0 Å². The number of nitrogens with one attached hydrogen (secondary N) is 1. The SMILES string of the molecule is COC(=O)c1cccc(NC(=O)c2cc(S(=O)(=O)N3CCCC3)ccc2Cl)c1O. The molecule has 1 aliphatic heterocycles. The van der Waals surface area contributed by atoms with E-state index in [0.717, 1.165) is 12.8 Å². The monoisotopic (exact) mass is 438 g/mol. The number of anilines is 1. The molecule has 3 rings (SSSR count). The molecule has 1 saturated heterocycles. The molecule has 1 aliphatic rings. The first-order valence-electron chi connectivity index (χ1n) is 8.77.